The van der Waals surface area contributed by atoms with Gasteiger partial charge in [-0.05, 0) is 32.0 Å². The van der Waals surface area contributed by atoms with Gasteiger partial charge in [-0.2, -0.15) is 0 Å². The number of hydrogen-bond donors (Lipinski definition) is 0. The first-order valence-electron chi connectivity index (χ1n) is 7.47. The van der Waals surface area contributed by atoms with Gasteiger partial charge in [-0.1, -0.05) is 32.5 Å². The van der Waals surface area contributed by atoms with Crippen LogP contribution in [-0.4, -0.2) is 43.8 Å². The lowest BCUT2D eigenvalue weighted by Crippen LogP contribution is -2.44. The largest absolute Gasteiger partial charge is 0.414 e. The molecule has 0 aromatic heterocycles. The van der Waals surface area contributed by atoms with Crippen molar-refractivity contribution in [3.05, 3.63) is 0 Å². The molecule has 1 aliphatic heterocycles. The van der Waals surface area contributed by atoms with Crippen molar-refractivity contribution in [2.45, 2.75) is 77.7 Å². The average Bonchev–Trinajstić information content (AvgIpc) is 2.57. The summed E-state index contributed by atoms with van der Waals surface area (Å²) in [6.07, 6.45) is -0.209. The average molecular weight is 335 g/mol. The molecule has 1 saturated heterocycles. The lowest BCUT2D eigenvalue weighted by molar-refractivity contribution is -0.147. The number of thioether (sulfide) groups is 1. The standard InChI is InChI=1S/C15H30O4SSi/c1-11(16)20-10-13-12(18-15(5,6)19-13)9-17-21(7,8)14(2,3)4/h12-13H,9-10H2,1-8H3/t12-,13-/m1/s1. The highest BCUT2D eigenvalue weighted by Gasteiger charge is 2.44. The molecule has 0 unspecified atom stereocenters. The Kier molecular flexibility index (Phi) is 6.12. The van der Waals surface area contributed by atoms with Gasteiger partial charge >= 0.3 is 0 Å². The maximum atomic E-state index is 11.2. The van der Waals surface area contributed by atoms with Crippen molar-refractivity contribution in [3.63, 3.8) is 0 Å². The van der Waals surface area contributed by atoms with Crippen LogP contribution in [-0.2, 0) is 18.7 Å². The number of carbonyl (C=O) groups excluding carboxylic acids is 1. The monoisotopic (exact) mass is 334 g/mol. The van der Waals surface area contributed by atoms with Crippen LogP contribution >= 0.6 is 11.8 Å². The van der Waals surface area contributed by atoms with Gasteiger partial charge in [-0.3, -0.25) is 4.79 Å². The molecule has 0 bridgehead atoms. The molecule has 4 nitrogen and oxygen atoms in total. The van der Waals surface area contributed by atoms with Gasteiger partial charge in [-0.15, -0.1) is 0 Å². The predicted octanol–water partition coefficient (Wildman–Crippen LogP) is 3.81. The quantitative estimate of drug-likeness (QED) is 0.715. The van der Waals surface area contributed by atoms with E-state index in [0.29, 0.717) is 12.4 Å². The first-order valence-corrected chi connectivity index (χ1v) is 11.4. The Bertz CT molecular complexity index is 376. The Labute approximate surface area is 134 Å². The van der Waals surface area contributed by atoms with Gasteiger partial charge in [0.2, 0.25) is 0 Å². The van der Waals surface area contributed by atoms with Crippen molar-refractivity contribution in [2.24, 2.45) is 0 Å². The molecule has 6 heteroatoms. The van der Waals surface area contributed by atoms with Crippen LogP contribution in [0.1, 0.15) is 41.5 Å². The topological polar surface area (TPSA) is 44.8 Å². The van der Waals surface area contributed by atoms with E-state index in [1.807, 2.05) is 13.8 Å². The van der Waals surface area contributed by atoms with Gasteiger partial charge in [0.15, 0.2) is 19.2 Å². The van der Waals surface area contributed by atoms with E-state index in [-0.39, 0.29) is 22.4 Å². The van der Waals surface area contributed by atoms with Crippen LogP contribution < -0.4 is 0 Å². The first-order chi connectivity index (χ1) is 9.34. The second kappa shape index (κ2) is 6.70. The summed E-state index contributed by atoms with van der Waals surface area (Å²) < 4.78 is 18.1. The third-order valence-electron chi connectivity index (χ3n) is 4.15. The molecule has 1 aliphatic rings. The van der Waals surface area contributed by atoms with Crippen molar-refractivity contribution in [2.75, 3.05) is 12.4 Å². The second-order valence-corrected chi connectivity index (χ2v) is 13.6. The van der Waals surface area contributed by atoms with Gasteiger partial charge in [0, 0.05) is 12.7 Å². The van der Waals surface area contributed by atoms with Crippen LogP contribution in [0.5, 0.6) is 0 Å². The van der Waals surface area contributed by atoms with E-state index in [2.05, 4.69) is 33.9 Å². The normalized spacial score (nSPS) is 26.1. The van der Waals surface area contributed by atoms with E-state index >= 15 is 0 Å². The zero-order valence-electron chi connectivity index (χ0n) is 14.6. The molecule has 0 radical (unpaired) electrons. The van der Waals surface area contributed by atoms with E-state index in [1.165, 1.54) is 11.8 Å². The molecule has 21 heavy (non-hydrogen) atoms. The molecule has 0 amide bonds. The van der Waals surface area contributed by atoms with Gasteiger partial charge in [0.1, 0.15) is 6.10 Å². The Balaban J connectivity index is 2.64. The fourth-order valence-electron chi connectivity index (χ4n) is 1.90. The zero-order chi connectivity index (χ0) is 16.5. The van der Waals surface area contributed by atoms with Crippen LogP contribution in [0.15, 0.2) is 0 Å². The summed E-state index contributed by atoms with van der Waals surface area (Å²) in [5.41, 5.74) is 0. The molecule has 0 aromatic carbocycles. The van der Waals surface area contributed by atoms with E-state index in [9.17, 15) is 4.79 Å². The van der Waals surface area contributed by atoms with Gasteiger partial charge in [0.25, 0.3) is 0 Å². The van der Waals surface area contributed by atoms with E-state index in [0.717, 1.165) is 0 Å². The molecule has 1 heterocycles. The summed E-state index contributed by atoms with van der Waals surface area (Å²) in [6.45, 7) is 17.0. The Morgan fingerprint density at radius 1 is 1.24 bits per heavy atom. The van der Waals surface area contributed by atoms with Gasteiger partial charge in [-0.25, -0.2) is 0 Å². The van der Waals surface area contributed by atoms with Crippen molar-refractivity contribution < 1.29 is 18.7 Å². The Morgan fingerprint density at radius 2 is 1.76 bits per heavy atom. The maximum Gasteiger partial charge on any atom is 0.192 e. The van der Waals surface area contributed by atoms with Gasteiger partial charge < -0.3 is 13.9 Å². The fourth-order valence-corrected chi connectivity index (χ4v) is 3.59. The number of carbonyl (C=O) groups is 1. The maximum absolute atomic E-state index is 11.2. The third kappa shape index (κ3) is 5.67. The second-order valence-electron chi connectivity index (χ2n) is 7.59. The lowest BCUT2D eigenvalue weighted by atomic mass is 10.2. The molecule has 1 rings (SSSR count). The smallest absolute Gasteiger partial charge is 0.192 e. The summed E-state index contributed by atoms with van der Waals surface area (Å²) in [7, 11) is -1.80. The van der Waals surface area contributed by atoms with Crippen LogP contribution in [0.3, 0.4) is 0 Å². The highest BCUT2D eigenvalue weighted by molar-refractivity contribution is 8.13. The highest BCUT2D eigenvalue weighted by atomic mass is 32.2. The molecule has 0 N–H and O–H groups in total. The minimum Gasteiger partial charge on any atom is -0.414 e. The summed E-state index contributed by atoms with van der Waals surface area (Å²) in [5.74, 6) is 0.00770. The SMILES string of the molecule is CC(=O)SC[C@H]1OC(C)(C)O[C@@H]1CO[Si](C)(C)C(C)(C)C. The number of ether oxygens (including phenoxy) is 2. The molecule has 1 fully saturated rings. The van der Waals surface area contributed by atoms with Crippen LogP contribution in [0.2, 0.25) is 18.1 Å². The van der Waals surface area contributed by atoms with Crippen molar-refractivity contribution in [1.82, 2.24) is 0 Å². The summed E-state index contributed by atoms with van der Waals surface area (Å²) in [5, 5.41) is 0.276. The minimum atomic E-state index is -1.80. The molecule has 0 spiro atoms. The summed E-state index contributed by atoms with van der Waals surface area (Å²) in [4.78, 5) is 11.2. The molecule has 0 aliphatic carbocycles. The number of rotatable bonds is 5. The van der Waals surface area contributed by atoms with E-state index in [4.69, 9.17) is 13.9 Å². The lowest BCUT2D eigenvalue weighted by Gasteiger charge is -2.37. The molecule has 124 valence electrons. The molecule has 2 atom stereocenters. The Hall–Kier alpha value is 0.117. The van der Waals surface area contributed by atoms with Crippen LogP contribution in [0.25, 0.3) is 0 Å². The molecule has 0 saturated carbocycles. The minimum absolute atomic E-state index is 0.0985. The molecular formula is C15H30O4SSi. The summed E-state index contributed by atoms with van der Waals surface area (Å²) >= 11 is 1.28. The van der Waals surface area contributed by atoms with Crippen LogP contribution in [0, 0.1) is 0 Å². The molecular weight excluding hydrogens is 304 g/mol. The van der Waals surface area contributed by atoms with E-state index < -0.39 is 14.1 Å². The Morgan fingerprint density at radius 3 is 2.24 bits per heavy atom. The van der Waals surface area contributed by atoms with Crippen LogP contribution in [0.4, 0.5) is 0 Å². The fraction of sp³-hybridized carbons (Fsp3) is 0.933. The number of hydrogen-bond acceptors (Lipinski definition) is 5. The van der Waals surface area contributed by atoms with Crippen molar-refractivity contribution >= 4 is 25.2 Å². The van der Waals surface area contributed by atoms with Crippen molar-refractivity contribution in [3.8, 4) is 0 Å². The van der Waals surface area contributed by atoms with E-state index in [1.54, 1.807) is 6.92 Å². The van der Waals surface area contributed by atoms with Crippen molar-refractivity contribution in [1.29, 1.82) is 0 Å². The van der Waals surface area contributed by atoms with Gasteiger partial charge in [0.05, 0.1) is 12.7 Å². The summed E-state index contributed by atoms with van der Waals surface area (Å²) in [6, 6.07) is 0. The molecule has 0 aromatic rings. The highest BCUT2D eigenvalue weighted by Crippen LogP contribution is 2.38. The first kappa shape index (κ1) is 19.2. The third-order valence-corrected chi connectivity index (χ3v) is 9.55. The zero-order valence-corrected chi connectivity index (χ0v) is 16.4. The predicted molar refractivity (Wildman–Crippen MR) is 90.1 cm³/mol.